The zero-order chi connectivity index (χ0) is 18.2. The van der Waals surface area contributed by atoms with E-state index in [1.165, 1.54) is 0 Å². The van der Waals surface area contributed by atoms with Crippen LogP contribution in [-0.2, 0) is 34.8 Å². The molecule has 2 saturated heterocycles. The largest absolute Gasteiger partial charge is 0.376 e. The molecule has 2 aromatic heterocycles. The quantitative estimate of drug-likeness (QED) is 0.749. The molecule has 2 aromatic rings. The van der Waals surface area contributed by atoms with Crippen molar-refractivity contribution in [1.82, 2.24) is 19.7 Å². The molecule has 2 fully saturated rings. The monoisotopic (exact) mass is 376 g/mol. The molecule has 2 aliphatic rings. The van der Waals surface area contributed by atoms with Crippen molar-refractivity contribution in [3.63, 3.8) is 0 Å². The summed E-state index contributed by atoms with van der Waals surface area (Å²) in [6, 6.07) is 3.84. The lowest BCUT2D eigenvalue weighted by Crippen LogP contribution is -2.67. The van der Waals surface area contributed by atoms with Crippen LogP contribution in [0.4, 0.5) is 0 Å². The maximum atomic E-state index is 12.7. The molecule has 1 spiro atoms. The number of aromatic nitrogens is 3. The third-order valence-corrected chi connectivity index (χ3v) is 8.16. The van der Waals surface area contributed by atoms with Gasteiger partial charge >= 0.3 is 0 Å². The van der Waals surface area contributed by atoms with Crippen molar-refractivity contribution in [2.45, 2.75) is 24.3 Å². The molecule has 1 atom stereocenters. The first-order valence-electron chi connectivity index (χ1n) is 8.87. The van der Waals surface area contributed by atoms with Gasteiger partial charge in [-0.15, -0.1) is 0 Å². The Balaban J connectivity index is 1.37. The van der Waals surface area contributed by atoms with E-state index in [4.69, 9.17) is 4.74 Å². The van der Waals surface area contributed by atoms with E-state index in [2.05, 4.69) is 15.0 Å². The Morgan fingerprint density at radius 3 is 2.85 bits per heavy atom. The minimum Gasteiger partial charge on any atom is -0.376 e. The first-order chi connectivity index (χ1) is 12.5. The molecular formula is C18H24N4O3S. The Morgan fingerprint density at radius 2 is 2.15 bits per heavy atom. The number of pyridine rings is 1. The first kappa shape index (κ1) is 17.6. The van der Waals surface area contributed by atoms with Gasteiger partial charge in [0.25, 0.3) is 0 Å². The van der Waals surface area contributed by atoms with Crippen molar-refractivity contribution in [2.75, 3.05) is 25.4 Å². The normalized spacial score (nSPS) is 24.0. The molecular weight excluding hydrogens is 352 g/mol. The summed E-state index contributed by atoms with van der Waals surface area (Å²) in [6.07, 6.45) is 8.01. The van der Waals surface area contributed by atoms with Gasteiger partial charge in [-0.2, -0.15) is 5.10 Å². The number of aryl methyl sites for hydroxylation is 1. The van der Waals surface area contributed by atoms with E-state index < -0.39 is 14.6 Å². The Labute approximate surface area is 153 Å². The van der Waals surface area contributed by atoms with Crippen molar-refractivity contribution >= 4 is 9.84 Å². The third kappa shape index (κ3) is 3.17. The van der Waals surface area contributed by atoms with Crippen molar-refractivity contribution in [1.29, 1.82) is 0 Å². The zero-order valence-electron chi connectivity index (χ0n) is 14.9. The summed E-state index contributed by atoms with van der Waals surface area (Å²) < 4.78 is 32.4. The van der Waals surface area contributed by atoms with E-state index in [0.717, 1.165) is 17.7 Å². The fourth-order valence-electron chi connectivity index (χ4n) is 4.14. The van der Waals surface area contributed by atoms with Gasteiger partial charge in [-0.3, -0.25) is 14.6 Å². The highest BCUT2D eigenvalue weighted by atomic mass is 32.2. The molecule has 140 valence electrons. The Kier molecular flexibility index (Phi) is 4.58. The zero-order valence-corrected chi connectivity index (χ0v) is 15.7. The predicted molar refractivity (Wildman–Crippen MR) is 97.0 cm³/mol. The maximum absolute atomic E-state index is 12.7. The second kappa shape index (κ2) is 6.75. The number of sulfone groups is 1. The summed E-state index contributed by atoms with van der Waals surface area (Å²) in [7, 11) is -1.18. The molecule has 0 N–H and O–H groups in total. The molecule has 0 aliphatic carbocycles. The Hall–Kier alpha value is -1.77. The lowest BCUT2D eigenvalue weighted by Gasteiger charge is -2.50. The smallest absolute Gasteiger partial charge is 0.158 e. The van der Waals surface area contributed by atoms with Crippen molar-refractivity contribution < 1.29 is 13.2 Å². The van der Waals surface area contributed by atoms with E-state index in [0.29, 0.717) is 32.7 Å². The van der Waals surface area contributed by atoms with E-state index in [1.54, 1.807) is 17.1 Å². The van der Waals surface area contributed by atoms with Gasteiger partial charge in [0.05, 0.1) is 25.2 Å². The summed E-state index contributed by atoms with van der Waals surface area (Å²) in [6.45, 7) is 2.87. The van der Waals surface area contributed by atoms with Gasteiger partial charge in [-0.25, -0.2) is 8.42 Å². The van der Waals surface area contributed by atoms with Crippen molar-refractivity contribution in [2.24, 2.45) is 13.0 Å². The van der Waals surface area contributed by atoms with E-state index in [1.807, 2.05) is 31.6 Å². The van der Waals surface area contributed by atoms with Gasteiger partial charge in [-0.05, 0) is 18.1 Å². The molecule has 8 heteroatoms. The van der Waals surface area contributed by atoms with E-state index in [-0.39, 0.29) is 11.7 Å². The van der Waals surface area contributed by atoms with Crippen LogP contribution in [-0.4, -0.2) is 58.3 Å². The average Bonchev–Trinajstić information content (AvgIpc) is 3.10. The van der Waals surface area contributed by atoms with Gasteiger partial charge in [0, 0.05) is 56.8 Å². The van der Waals surface area contributed by atoms with Crippen molar-refractivity contribution in [3.05, 3.63) is 48.0 Å². The second-order valence-electron chi connectivity index (χ2n) is 7.41. The fourth-order valence-corrected chi connectivity index (χ4v) is 6.60. The maximum Gasteiger partial charge on any atom is 0.158 e. The highest BCUT2D eigenvalue weighted by molar-refractivity contribution is 7.93. The Bertz CT molecular complexity index is 860. The number of likely N-dealkylation sites (tertiary alicyclic amines) is 1. The summed E-state index contributed by atoms with van der Waals surface area (Å²) in [4.78, 5) is 6.26. The average molecular weight is 376 g/mol. The number of nitrogens with zero attached hydrogens (tertiary/aromatic N) is 4. The highest BCUT2D eigenvalue weighted by Crippen LogP contribution is 2.45. The lowest BCUT2D eigenvalue weighted by atomic mass is 9.83. The van der Waals surface area contributed by atoms with Crippen LogP contribution in [0.2, 0.25) is 0 Å². The topological polar surface area (TPSA) is 77.3 Å². The molecule has 26 heavy (non-hydrogen) atoms. The van der Waals surface area contributed by atoms with Crippen LogP contribution in [0.5, 0.6) is 0 Å². The minimum absolute atomic E-state index is 0.0642. The van der Waals surface area contributed by atoms with Crippen LogP contribution in [0.25, 0.3) is 0 Å². The van der Waals surface area contributed by atoms with Crippen LogP contribution in [0.3, 0.4) is 0 Å². The number of hydrogen-bond donors (Lipinski definition) is 0. The van der Waals surface area contributed by atoms with Gasteiger partial charge in [-0.1, -0.05) is 6.07 Å². The molecule has 0 aromatic carbocycles. The van der Waals surface area contributed by atoms with Crippen molar-refractivity contribution in [3.8, 4) is 0 Å². The SMILES string of the molecule is Cn1cc(CN2CC3(C2)[C@@H](COCc2cccnc2)CCS3(=O)=O)cn1. The molecule has 0 bridgehead atoms. The number of rotatable bonds is 6. The summed E-state index contributed by atoms with van der Waals surface area (Å²) in [5.41, 5.74) is 2.12. The molecule has 0 amide bonds. The van der Waals surface area contributed by atoms with Crippen LogP contribution < -0.4 is 0 Å². The number of ether oxygens (including phenoxy) is 1. The first-order valence-corrected chi connectivity index (χ1v) is 10.5. The van der Waals surface area contributed by atoms with Crippen LogP contribution >= 0.6 is 0 Å². The highest BCUT2D eigenvalue weighted by Gasteiger charge is 2.61. The van der Waals surface area contributed by atoms with E-state index in [9.17, 15) is 8.42 Å². The van der Waals surface area contributed by atoms with Gasteiger partial charge in [0.2, 0.25) is 0 Å². The Morgan fingerprint density at radius 1 is 1.31 bits per heavy atom. The molecule has 4 rings (SSSR count). The van der Waals surface area contributed by atoms with E-state index >= 15 is 0 Å². The molecule has 0 saturated carbocycles. The summed E-state index contributed by atoms with van der Waals surface area (Å²) >= 11 is 0. The third-order valence-electron chi connectivity index (χ3n) is 5.56. The van der Waals surface area contributed by atoms with Crippen LogP contribution in [0, 0.1) is 5.92 Å². The van der Waals surface area contributed by atoms with Gasteiger partial charge < -0.3 is 4.74 Å². The molecule has 4 heterocycles. The van der Waals surface area contributed by atoms with Crippen LogP contribution in [0.15, 0.2) is 36.9 Å². The number of hydrogen-bond acceptors (Lipinski definition) is 6. The van der Waals surface area contributed by atoms with Crippen LogP contribution in [0.1, 0.15) is 17.5 Å². The lowest BCUT2D eigenvalue weighted by molar-refractivity contribution is 0.0200. The minimum atomic E-state index is -3.07. The molecule has 7 nitrogen and oxygen atoms in total. The molecule has 0 radical (unpaired) electrons. The fraction of sp³-hybridized carbons (Fsp3) is 0.556. The molecule has 2 aliphatic heterocycles. The molecule has 0 unspecified atom stereocenters. The summed E-state index contributed by atoms with van der Waals surface area (Å²) in [5, 5.41) is 4.18. The van der Waals surface area contributed by atoms with Gasteiger partial charge in [0.1, 0.15) is 4.75 Å². The second-order valence-corrected chi connectivity index (χ2v) is 9.86. The predicted octanol–water partition coefficient (Wildman–Crippen LogP) is 1.02. The van der Waals surface area contributed by atoms with Gasteiger partial charge in [0.15, 0.2) is 9.84 Å². The standard InChI is InChI=1S/C18H24N4O3S/c1-21-9-16(8-20-21)10-22-13-18(14-22)17(4-6-26(18,23)24)12-25-11-15-3-2-5-19-7-15/h2-3,5,7-9,17H,4,6,10-14H2,1H3/t17-/m1/s1. The summed E-state index contributed by atoms with van der Waals surface area (Å²) in [5.74, 6) is 0.337.